The highest BCUT2D eigenvalue weighted by Crippen LogP contribution is 2.46. The summed E-state index contributed by atoms with van der Waals surface area (Å²) in [4.78, 5) is 9.69. The number of nitrogens with one attached hydrogen (secondary N) is 1. The van der Waals surface area contributed by atoms with Gasteiger partial charge in [-0.15, -0.1) is 6.58 Å². The topological polar surface area (TPSA) is 72.5 Å². The summed E-state index contributed by atoms with van der Waals surface area (Å²) in [5.74, 6) is 0. The van der Waals surface area contributed by atoms with E-state index in [0.29, 0.717) is 43.2 Å². The van der Waals surface area contributed by atoms with Crippen LogP contribution in [0.1, 0.15) is 62.6 Å². The van der Waals surface area contributed by atoms with E-state index in [1.54, 1.807) is 14.9 Å². The molecule has 1 N–H and O–H groups in total. The number of imidazole rings is 1. The van der Waals surface area contributed by atoms with E-state index in [1.807, 2.05) is 30.5 Å². The molecule has 35 heavy (non-hydrogen) atoms. The first-order valence-electron chi connectivity index (χ1n) is 12.8. The average molecular weight is 518 g/mol. The van der Waals surface area contributed by atoms with Gasteiger partial charge >= 0.3 is 0 Å². The molecule has 3 aliphatic rings. The number of aromatic nitrogens is 2. The Morgan fingerprint density at radius 1 is 1.17 bits per heavy atom. The number of benzene rings is 1. The lowest BCUT2D eigenvalue weighted by Gasteiger charge is -2.41. The van der Waals surface area contributed by atoms with Crippen LogP contribution in [-0.4, -0.2) is 52.7 Å². The number of fused-ring (bicyclic) bond motifs is 1. The lowest BCUT2D eigenvalue weighted by molar-refractivity contribution is 0.153. The molecule has 1 aliphatic carbocycles. The van der Waals surface area contributed by atoms with Gasteiger partial charge in [0.2, 0.25) is 0 Å². The van der Waals surface area contributed by atoms with Crippen molar-refractivity contribution >= 4 is 27.5 Å². The number of H-pyrrole nitrogens is 1. The highest BCUT2D eigenvalue weighted by atomic mass is 35.5. The molecule has 1 saturated heterocycles. The number of rotatable bonds is 7. The van der Waals surface area contributed by atoms with Crippen molar-refractivity contribution in [2.45, 2.75) is 70.5 Å². The van der Waals surface area contributed by atoms with E-state index in [0.717, 1.165) is 42.6 Å². The second-order valence-electron chi connectivity index (χ2n) is 10.4. The summed E-state index contributed by atoms with van der Waals surface area (Å²) in [6, 6.07) is 5.83. The molecule has 1 unspecified atom stereocenters. The second-order valence-corrected chi connectivity index (χ2v) is 12.8. The molecule has 3 heterocycles. The second kappa shape index (κ2) is 10.2. The van der Waals surface area contributed by atoms with Gasteiger partial charge in [0.25, 0.3) is 10.2 Å². The Bertz CT molecular complexity index is 1120. The van der Waals surface area contributed by atoms with Gasteiger partial charge in [0, 0.05) is 49.1 Å². The van der Waals surface area contributed by atoms with Crippen LogP contribution >= 0.6 is 11.6 Å². The monoisotopic (exact) mass is 517 g/mol. The molecule has 2 fully saturated rings. The fourth-order valence-corrected chi connectivity index (χ4v) is 8.06. The minimum Gasteiger partial charge on any atom is -0.361 e. The van der Waals surface area contributed by atoms with E-state index in [9.17, 15) is 8.42 Å². The Labute approximate surface area is 214 Å². The third-order valence-corrected chi connectivity index (χ3v) is 10.4. The maximum absolute atomic E-state index is 14.0. The summed E-state index contributed by atoms with van der Waals surface area (Å²) < 4.78 is 31.4. The first-order valence-corrected chi connectivity index (χ1v) is 14.6. The molecule has 7 nitrogen and oxygen atoms in total. The van der Waals surface area contributed by atoms with Gasteiger partial charge in [0.05, 0.1) is 18.6 Å². The molecule has 1 saturated carbocycles. The van der Waals surface area contributed by atoms with E-state index >= 15 is 0 Å². The van der Waals surface area contributed by atoms with Crippen molar-refractivity contribution in [3.05, 3.63) is 59.7 Å². The Balaban J connectivity index is 1.45. The molecule has 0 radical (unpaired) electrons. The number of piperidine rings is 1. The van der Waals surface area contributed by atoms with Crippen LogP contribution in [0, 0.1) is 5.41 Å². The Morgan fingerprint density at radius 2 is 1.94 bits per heavy atom. The van der Waals surface area contributed by atoms with Gasteiger partial charge in [-0.1, -0.05) is 30.5 Å². The molecule has 0 bridgehead atoms. The maximum atomic E-state index is 14.0. The van der Waals surface area contributed by atoms with Gasteiger partial charge < -0.3 is 9.88 Å². The van der Waals surface area contributed by atoms with Gasteiger partial charge in [-0.05, 0) is 67.7 Å². The predicted molar refractivity (Wildman–Crippen MR) is 140 cm³/mol. The van der Waals surface area contributed by atoms with Crippen molar-refractivity contribution in [2.75, 3.05) is 24.5 Å². The first kappa shape index (κ1) is 24.8. The summed E-state index contributed by atoms with van der Waals surface area (Å²) >= 11 is 6.39. The molecule has 1 aromatic carbocycles. The van der Waals surface area contributed by atoms with Gasteiger partial charge in [-0.25, -0.2) is 4.98 Å². The molecular weight excluding hydrogens is 482 g/mol. The molecule has 2 aliphatic heterocycles. The summed E-state index contributed by atoms with van der Waals surface area (Å²) in [5, 5.41) is 0.619. The number of allylic oxidation sites excluding steroid dienone is 1. The van der Waals surface area contributed by atoms with Crippen LogP contribution in [0.3, 0.4) is 0 Å². The normalized spacial score (nSPS) is 23.3. The minimum atomic E-state index is -3.60. The van der Waals surface area contributed by atoms with Crippen molar-refractivity contribution in [1.29, 1.82) is 0 Å². The van der Waals surface area contributed by atoms with Gasteiger partial charge in [-0.3, -0.25) is 0 Å². The molecule has 9 heteroatoms. The predicted octanol–water partition coefficient (Wildman–Crippen LogP) is 5.12. The van der Waals surface area contributed by atoms with Crippen molar-refractivity contribution < 1.29 is 8.42 Å². The molecule has 5 rings (SSSR count). The highest BCUT2D eigenvalue weighted by molar-refractivity contribution is 7.86. The van der Waals surface area contributed by atoms with Crippen LogP contribution in [0.15, 0.2) is 43.4 Å². The standard InChI is InChI=1S/C26H36ClN5O2S/c1-2-3-6-24-19-31(35(33,34)30-13-11-26(12-14-30)9-4-5-10-26)17-21-15-22(27)7-8-25(21)32(24)18-23-16-28-20-29-23/h2,7-8,15-16,20,24H,1,3-6,9-14,17-19H2,(H,28,29). The number of anilines is 1. The zero-order chi connectivity index (χ0) is 24.5. The largest absolute Gasteiger partial charge is 0.361 e. The zero-order valence-corrected chi connectivity index (χ0v) is 21.9. The quantitative estimate of drug-likeness (QED) is 0.517. The smallest absolute Gasteiger partial charge is 0.282 e. The minimum absolute atomic E-state index is 0.000495. The number of hydrogen-bond donors (Lipinski definition) is 1. The third-order valence-electron chi connectivity index (χ3n) is 8.25. The average Bonchev–Trinajstić information content (AvgIpc) is 3.50. The maximum Gasteiger partial charge on any atom is 0.282 e. The Hall–Kier alpha value is -1.87. The Kier molecular flexibility index (Phi) is 7.26. The molecule has 2 aromatic rings. The van der Waals surface area contributed by atoms with Gasteiger partial charge in [0.1, 0.15) is 0 Å². The first-order chi connectivity index (χ1) is 16.9. The summed E-state index contributed by atoms with van der Waals surface area (Å²) in [7, 11) is -3.60. The van der Waals surface area contributed by atoms with E-state index in [2.05, 4.69) is 21.4 Å². The lowest BCUT2D eigenvalue weighted by atomic mass is 9.78. The van der Waals surface area contributed by atoms with E-state index in [1.165, 1.54) is 25.7 Å². The van der Waals surface area contributed by atoms with E-state index in [4.69, 9.17) is 11.6 Å². The lowest BCUT2D eigenvalue weighted by Crippen LogP contribution is -2.51. The van der Waals surface area contributed by atoms with Crippen LogP contribution in [0.25, 0.3) is 0 Å². The fraction of sp³-hybridized carbons (Fsp3) is 0.577. The SMILES string of the molecule is C=CCCC1CN(S(=O)(=O)N2CCC3(CCCC3)CC2)Cc2cc(Cl)ccc2N1Cc1cnc[nH]1. The van der Waals surface area contributed by atoms with Crippen LogP contribution in [0.2, 0.25) is 5.02 Å². The summed E-state index contributed by atoms with van der Waals surface area (Å²) in [5.41, 5.74) is 3.33. The summed E-state index contributed by atoms with van der Waals surface area (Å²) in [6.07, 6.45) is 14.1. The molecule has 0 amide bonds. The number of nitrogens with zero attached hydrogens (tertiary/aromatic N) is 4. The molecule has 1 atom stereocenters. The van der Waals surface area contributed by atoms with Crippen molar-refractivity contribution in [1.82, 2.24) is 18.6 Å². The fourth-order valence-electron chi connectivity index (χ4n) is 6.23. The van der Waals surface area contributed by atoms with E-state index < -0.39 is 10.2 Å². The molecule has 1 aromatic heterocycles. The van der Waals surface area contributed by atoms with Gasteiger partial charge in [-0.2, -0.15) is 17.0 Å². The van der Waals surface area contributed by atoms with Crippen LogP contribution in [0.5, 0.6) is 0 Å². The van der Waals surface area contributed by atoms with Gasteiger partial charge in [0.15, 0.2) is 0 Å². The summed E-state index contributed by atoms with van der Waals surface area (Å²) in [6.45, 7) is 6.53. The van der Waals surface area contributed by atoms with Crippen LogP contribution < -0.4 is 4.90 Å². The molecule has 190 valence electrons. The van der Waals surface area contributed by atoms with Crippen molar-refractivity contribution in [3.8, 4) is 0 Å². The van der Waals surface area contributed by atoms with E-state index in [-0.39, 0.29) is 6.04 Å². The molecule has 1 spiro atoms. The zero-order valence-electron chi connectivity index (χ0n) is 20.3. The number of halogens is 1. The third kappa shape index (κ3) is 5.17. The number of hydrogen-bond acceptors (Lipinski definition) is 4. The number of aromatic amines is 1. The van der Waals surface area contributed by atoms with Crippen LogP contribution in [-0.2, 0) is 23.3 Å². The van der Waals surface area contributed by atoms with Crippen molar-refractivity contribution in [3.63, 3.8) is 0 Å². The highest BCUT2D eigenvalue weighted by Gasteiger charge is 2.42. The molecular formula is C26H36ClN5O2S. The van der Waals surface area contributed by atoms with Crippen molar-refractivity contribution in [2.24, 2.45) is 5.41 Å². The van der Waals surface area contributed by atoms with Crippen LogP contribution in [0.4, 0.5) is 5.69 Å². The Morgan fingerprint density at radius 3 is 2.63 bits per heavy atom.